The van der Waals surface area contributed by atoms with Crippen molar-refractivity contribution in [3.8, 4) is 0 Å². The molecule has 0 aromatic heterocycles. The van der Waals surface area contributed by atoms with Crippen molar-refractivity contribution in [3.63, 3.8) is 0 Å². The van der Waals surface area contributed by atoms with Gasteiger partial charge < -0.3 is 15.2 Å². The van der Waals surface area contributed by atoms with Crippen LogP contribution >= 0.6 is 0 Å². The minimum absolute atomic E-state index is 0.242. The van der Waals surface area contributed by atoms with Gasteiger partial charge in [-0.3, -0.25) is 0 Å². The van der Waals surface area contributed by atoms with E-state index >= 15 is 0 Å². The van der Waals surface area contributed by atoms with Gasteiger partial charge in [-0.15, -0.1) is 0 Å². The van der Waals surface area contributed by atoms with Crippen LogP contribution in [0.25, 0.3) is 0 Å². The Morgan fingerprint density at radius 3 is 2.75 bits per heavy atom. The zero-order chi connectivity index (χ0) is 12.0. The van der Waals surface area contributed by atoms with E-state index < -0.39 is 0 Å². The van der Waals surface area contributed by atoms with E-state index in [1.54, 1.807) is 0 Å². The first-order chi connectivity index (χ1) is 7.65. The molecule has 3 atom stereocenters. The number of ether oxygens (including phenoxy) is 1. The van der Waals surface area contributed by atoms with Crippen LogP contribution < -0.4 is 5.32 Å². The predicted molar refractivity (Wildman–Crippen MR) is 66.5 cm³/mol. The van der Waals surface area contributed by atoms with Gasteiger partial charge in [-0.05, 0) is 31.6 Å². The van der Waals surface area contributed by atoms with Crippen molar-refractivity contribution in [2.75, 3.05) is 13.2 Å². The number of nitrogens with one attached hydrogen (secondary N) is 1. The van der Waals surface area contributed by atoms with E-state index in [0.717, 1.165) is 32.3 Å². The molecule has 1 saturated heterocycles. The highest BCUT2D eigenvalue weighted by atomic mass is 16.5. The smallest absolute Gasteiger partial charge is 0.0587 e. The van der Waals surface area contributed by atoms with Crippen molar-refractivity contribution in [2.45, 2.75) is 64.6 Å². The molecule has 0 spiro atoms. The molecule has 3 unspecified atom stereocenters. The van der Waals surface area contributed by atoms with Crippen molar-refractivity contribution in [2.24, 2.45) is 5.92 Å². The van der Waals surface area contributed by atoms with Gasteiger partial charge in [0.1, 0.15) is 0 Å². The summed E-state index contributed by atoms with van der Waals surface area (Å²) in [5.41, 5.74) is 0. The van der Waals surface area contributed by atoms with Crippen LogP contribution in [0.4, 0.5) is 0 Å². The minimum Gasteiger partial charge on any atom is -0.395 e. The van der Waals surface area contributed by atoms with Crippen LogP contribution in [-0.2, 0) is 4.74 Å². The summed E-state index contributed by atoms with van der Waals surface area (Å²) < 4.78 is 5.65. The molecule has 16 heavy (non-hydrogen) atoms. The van der Waals surface area contributed by atoms with Crippen LogP contribution in [0.15, 0.2) is 0 Å². The molecule has 3 heteroatoms. The van der Waals surface area contributed by atoms with Crippen molar-refractivity contribution < 1.29 is 9.84 Å². The van der Waals surface area contributed by atoms with Crippen molar-refractivity contribution in [3.05, 3.63) is 0 Å². The van der Waals surface area contributed by atoms with E-state index in [0.29, 0.717) is 18.1 Å². The molecule has 1 rings (SSSR count). The molecule has 0 aliphatic carbocycles. The summed E-state index contributed by atoms with van der Waals surface area (Å²) in [7, 11) is 0. The fourth-order valence-electron chi connectivity index (χ4n) is 2.41. The molecule has 3 nitrogen and oxygen atoms in total. The largest absolute Gasteiger partial charge is 0.395 e. The maximum absolute atomic E-state index is 9.33. The Balaban J connectivity index is 2.33. The monoisotopic (exact) mass is 229 g/mol. The van der Waals surface area contributed by atoms with Crippen molar-refractivity contribution in [1.29, 1.82) is 0 Å². The van der Waals surface area contributed by atoms with Gasteiger partial charge in [0.05, 0.1) is 12.7 Å². The Labute approximate surface area is 99.6 Å². The van der Waals surface area contributed by atoms with Gasteiger partial charge in [0.2, 0.25) is 0 Å². The van der Waals surface area contributed by atoms with E-state index in [2.05, 4.69) is 26.1 Å². The summed E-state index contributed by atoms with van der Waals surface area (Å²) in [6, 6.07) is 0.773. The Morgan fingerprint density at radius 1 is 1.44 bits per heavy atom. The highest BCUT2D eigenvalue weighted by Gasteiger charge is 2.23. The van der Waals surface area contributed by atoms with Crippen molar-refractivity contribution in [1.82, 2.24) is 5.32 Å². The zero-order valence-corrected chi connectivity index (χ0v) is 10.9. The number of aliphatic hydroxyl groups is 1. The lowest BCUT2D eigenvalue weighted by Gasteiger charge is -2.32. The lowest BCUT2D eigenvalue weighted by atomic mass is 9.98. The summed E-state index contributed by atoms with van der Waals surface area (Å²) in [6.45, 7) is 7.67. The molecule has 0 amide bonds. The summed E-state index contributed by atoms with van der Waals surface area (Å²) in [5.74, 6) is 0.631. The second-order valence-corrected chi connectivity index (χ2v) is 5.30. The second-order valence-electron chi connectivity index (χ2n) is 5.30. The van der Waals surface area contributed by atoms with Gasteiger partial charge in [-0.2, -0.15) is 0 Å². The topological polar surface area (TPSA) is 41.5 Å². The molecule has 0 saturated carbocycles. The van der Waals surface area contributed by atoms with E-state index in [1.807, 2.05) is 0 Å². The molecule has 2 N–H and O–H groups in total. The van der Waals surface area contributed by atoms with Crippen molar-refractivity contribution >= 4 is 0 Å². The fraction of sp³-hybridized carbons (Fsp3) is 1.00. The van der Waals surface area contributed by atoms with Crippen LogP contribution in [-0.4, -0.2) is 36.5 Å². The molecular weight excluding hydrogens is 202 g/mol. The highest BCUT2D eigenvalue weighted by molar-refractivity contribution is 4.80. The second kappa shape index (κ2) is 7.25. The van der Waals surface area contributed by atoms with Crippen LogP contribution in [0.1, 0.15) is 46.5 Å². The minimum atomic E-state index is 0.242. The number of hydrogen-bond donors (Lipinski definition) is 2. The van der Waals surface area contributed by atoms with Crippen LogP contribution in [0.5, 0.6) is 0 Å². The average Bonchev–Trinajstić information content (AvgIpc) is 2.28. The highest BCUT2D eigenvalue weighted by Crippen LogP contribution is 2.17. The van der Waals surface area contributed by atoms with Gasteiger partial charge in [0.25, 0.3) is 0 Å². The van der Waals surface area contributed by atoms with E-state index in [4.69, 9.17) is 4.74 Å². The maximum Gasteiger partial charge on any atom is 0.0587 e. The first-order valence-electron chi connectivity index (χ1n) is 6.64. The zero-order valence-electron chi connectivity index (χ0n) is 10.9. The summed E-state index contributed by atoms with van der Waals surface area (Å²) in [4.78, 5) is 0. The van der Waals surface area contributed by atoms with Gasteiger partial charge >= 0.3 is 0 Å². The van der Waals surface area contributed by atoms with Crippen LogP contribution in [0.3, 0.4) is 0 Å². The molecule has 0 bridgehead atoms. The molecule has 1 aliphatic heterocycles. The van der Waals surface area contributed by atoms with E-state index in [-0.39, 0.29) is 12.6 Å². The Bertz CT molecular complexity index is 185. The quantitative estimate of drug-likeness (QED) is 0.731. The molecule has 1 aliphatic rings. The van der Waals surface area contributed by atoms with Crippen LogP contribution in [0.2, 0.25) is 0 Å². The third kappa shape index (κ3) is 4.81. The average molecular weight is 229 g/mol. The SMILES string of the molecule is CCC1CC(NC(CO)CC(C)C)CCO1. The van der Waals surface area contributed by atoms with Gasteiger partial charge in [-0.1, -0.05) is 20.8 Å². The standard InChI is InChI=1S/C13H27NO2/c1-4-13-8-11(5-6-16-13)14-12(9-15)7-10(2)3/h10-15H,4-9H2,1-3H3. The Morgan fingerprint density at radius 2 is 2.19 bits per heavy atom. The molecule has 0 aromatic carbocycles. The predicted octanol–water partition coefficient (Wildman–Crippen LogP) is 1.94. The maximum atomic E-state index is 9.33. The summed E-state index contributed by atoms with van der Waals surface area (Å²) >= 11 is 0. The van der Waals surface area contributed by atoms with Crippen LogP contribution in [0, 0.1) is 5.92 Å². The van der Waals surface area contributed by atoms with Gasteiger partial charge in [-0.25, -0.2) is 0 Å². The Kier molecular flexibility index (Phi) is 6.32. The molecular formula is C13H27NO2. The molecule has 1 fully saturated rings. The summed E-state index contributed by atoms with van der Waals surface area (Å²) in [5, 5.41) is 12.9. The number of aliphatic hydroxyl groups excluding tert-OH is 1. The lowest BCUT2D eigenvalue weighted by Crippen LogP contribution is -2.45. The third-order valence-electron chi connectivity index (χ3n) is 3.27. The number of rotatable bonds is 6. The van der Waals surface area contributed by atoms with E-state index in [9.17, 15) is 5.11 Å². The first kappa shape index (κ1) is 13.9. The third-order valence-corrected chi connectivity index (χ3v) is 3.27. The summed E-state index contributed by atoms with van der Waals surface area (Å²) in [6.07, 6.45) is 4.71. The molecule has 96 valence electrons. The molecule has 0 aromatic rings. The first-order valence-corrected chi connectivity index (χ1v) is 6.64. The van der Waals surface area contributed by atoms with Gasteiger partial charge in [0, 0.05) is 18.7 Å². The Hall–Kier alpha value is -0.120. The molecule has 0 radical (unpaired) electrons. The lowest BCUT2D eigenvalue weighted by molar-refractivity contribution is -0.00380. The molecule has 1 heterocycles. The normalized spacial score (nSPS) is 28.3. The van der Waals surface area contributed by atoms with E-state index in [1.165, 1.54) is 0 Å². The van der Waals surface area contributed by atoms with Gasteiger partial charge in [0.15, 0.2) is 0 Å². The number of hydrogen-bond acceptors (Lipinski definition) is 3. The fourth-order valence-corrected chi connectivity index (χ4v) is 2.41.